The van der Waals surface area contributed by atoms with E-state index in [0.717, 1.165) is 0 Å². The minimum absolute atomic E-state index is 0.309. The number of aliphatic carboxylic acids is 1. The van der Waals surface area contributed by atoms with E-state index in [1.54, 1.807) is 6.92 Å². The van der Waals surface area contributed by atoms with E-state index in [4.69, 9.17) is 5.11 Å². The summed E-state index contributed by atoms with van der Waals surface area (Å²) >= 11 is 0. The Kier molecular flexibility index (Phi) is 2.70. The average molecular weight is 184 g/mol. The van der Waals surface area contributed by atoms with E-state index in [2.05, 4.69) is 4.74 Å². The van der Waals surface area contributed by atoms with Gasteiger partial charge in [0.15, 0.2) is 0 Å². The van der Waals surface area contributed by atoms with Crippen LogP contribution in [0.15, 0.2) is 12.2 Å². The average Bonchev–Trinajstić information content (AvgIpc) is 2.82. The lowest BCUT2D eigenvalue weighted by Crippen LogP contribution is -2.12. The molecule has 0 aliphatic heterocycles. The second kappa shape index (κ2) is 3.60. The van der Waals surface area contributed by atoms with Gasteiger partial charge in [0.1, 0.15) is 0 Å². The Morgan fingerprint density at radius 2 is 2.15 bits per heavy atom. The highest BCUT2D eigenvalue weighted by Gasteiger charge is 2.47. The van der Waals surface area contributed by atoms with Crippen molar-refractivity contribution in [2.24, 2.45) is 5.41 Å². The highest BCUT2D eigenvalue weighted by atomic mass is 16.5. The minimum atomic E-state index is -0.868. The van der Waals surface area contributed by atoms with Crippen LogP contribution in [0.4, 0.5) is 0 Å². The van der Waals surface area contributed by atoms with E-state index in [-0.39, 0.29) is 0 Å². The molecule has 1 rings (SSSR count). The van der Waals surface area contributed by atoms with Gasteiger partial charge in [-0.2, -0.15) is 0 Å². The molecule has 1 N–H and O–H groups in total. The zero-order valence-corrected chi connectivity index (χ0v) is 7.45. The summed E-state index contributed by atoms with van der Waals surface area (Å²) in [5.41, 5.74) is -0.785. The molecule has 0 aromatic heterocycles. The molecule has 0 atom stereocenters. The topological polar surface area (TPSA) is 63.6 Å². The van der Waals surface area contributed by atoms with Crippen LogP contribution in [-0.2, 0) is 14.3 Å². The molecule has 0 spiro atoms. The first kappa shape index (κ1) is 9.77. The van der Waals surface area contributed by atoms with Crippen molar-refractivity contribution in [3.05, 3.63) is 12.2 Å². The van der Waals surface area contributed by atoms with Crippen LogP contribution in [0.2, 0.25) is 0 Å². The van der Waals surface area contributed by atoms with Crippen molar-refractivity contribution in [3.63, 3.8) is 0 Å². The Bertz CT molecular complexity index is 250. The maximum Gasteiger partial charge on any atom is 0.330 e. The van der Waals surface area contributed by atoms with Crippen LogP contribution in [0.25, 0.3) is 0 Å². The van der Waals surface area contributed by atoms with Crippen molar-refractivity contribution in [1.29, 1.82) is 0 Å². The summed E-state index contributed by atoms with van der Waals surface area (Å²) < 4.78 is 4.63. The molecule has 1 aliphatic carbocycles. The number of carboxylic acid groups (broad SMARTS) is 1. The summed E-state index contributed by atoms with van der Waals surface area (Å²) in [5.74, 6) is -1.34. The molecule has 4 heteroatoms. The highest BCUT2D eigenvalue weighted by Crippen LogP contribution is 2.47. The molecule has 0 unspecified atom stereocenters. The summed E-state index contributed by atoms with van der Waals surface area (Å²) in [6.07, 6.45) is 3.84. The second-order valence-corrected chi connectivity index (χ2v) is 3.05. The number of rotatable bonds is 4. The lowest BCUT2D eigenvalue weighted by Gasteiger charge is -2.01. The van der Waals surface area contributed by atoms with Crippen LogP contribution >= 0.6 is 0 Å². The standard InChI is InChI=1S/C9H12O4/c1-2-13-7(10)3-4-9(5-6-9)8(11)12/h3-4H,2,5-6H2,1H3,(H,11,12)/b4-3+. The third-order valence-corrected chi connectivity index (χ3v) is 2.04. The maximum absolute atomic E-state index is 10.8. The number of carbonyl (C=O) groups is 2. The van der Waals surface area contributed by atoms with Gasteiger partial charge >= 0.3 is 11.9 Å². The van der Waals surface area contributed by atoms with Crippen molar-refractivity contribution in [2.45, 2.75) is 19.8 Å². The number of ether oxygens (including phenoxy) is 1. The van der Waals surface area contributed by atoms with Gasteiger partial charge in [0.2, 0.25) is 0 Å². The largest absolute Gasteiger partial charge is 0.481 e. The van der Waals surface area contributed by atoms with E-state index in [1.807, 2.05) is 0 Å². The molecule has 1 fully saturated rings. The van der Waals surface area contributed by atoms with Crippen LogP contribution in [0.3, 0.4) is 0 Å². The molecule has 0 amide bonds. The van der Waals surface area contributed by atoms with E-state index < -0.39 is 17.4 Å². The van der Waals surface area contributed by atoms with Gasteiger partial charge in [-0.1, -0.05) is 6.08 Å². The van der Waals surface area contributed by atoms with Gasteiger partial charge in [-0.15, -0.1) is 0 Å². The van der Waals surface area contributed by atoms with E-state index in [1.165, 1.54) is 12.2 Å². The van der Waals surface area contributed by atoms with Gasteiger partial charge in [0.05, 0.1) is 12.0 Å². The molecule has 1 saturated carbocycles. The molecule has 0 heterocycles. The molecule has 72 valence electrons. The second-order valence-electron chi connectivity index (χ2n) is 3.05. The van der Waals surface area contributed by atoms with E-state index >= 15 is 0 Å². The Labute approximate surface area is 76.2 Å². The fourth-order valence-electron chi connectivity index (χ4n) is 1.00. The third kappa shape index (κ3) is 2.31. The highest BCUT2D eigenvalue weighted by molar-refractivity contribution is 5.86. The molecule has 4 nitrogen and oxygen atoms in total. The fourth-order valence-corrected chi connectivity index (χ4v) is 1.00. The molecule has 0 aromatic carbocycles. The van der Waals surface area contributed by atoms with Gasteiger partial charge < -0.3 is 9.84 Å². The van der Waals surface area contributed by atoms with Gasteiger partial charge in [-0.3, -0.25) is 4.79 Å². The quantitative estimate of drug-likeness (QED) is 0.522. The SMILES string of the molecule is CCOC(=O)/C=C/C1(C(=O)O)CC1. The van der Waals surface area contributed by atoms with Gasteiger partial charge in [-0.25, -0.2) is 4.79 Å². The first-order valence-electron chi connectivity index (χ1n) is 4.20. The lowest BCUT2D eigenvalue weighted by atomic mass is 10.1. The molecule has 13 heavy (non-hydrogen) atoms. The number of carboxylic acids is 1. The number of hydrogen-bond acceptors (Lipinski definition) is 3. The fraction of sp³-hybridized carbons (Fsp3) is 0.556. The van der Waals surface area contributed by atoms with Crippen LogP contribution in [0.5, 0.6) is 0 Å². The van der Waals surface area contributed by atoms with Crippen LogP contribution in [-0.4, -0.2) is 23.7 Å². The predicted molar refractivity (Wildman–Crippen MR) is 45.1 cm³/mol. The Balaban J connectivity index is 2.48. The van der Waals surface area contributed by atoms with Crippen molar-refractivity contribution in [2.75, 3.05) is 6.61 Å². The van der Waals surface area contributed by atoms with Crippen molar-refractivity contribution < 1.29 is 19.4 Å². The van der Waals surface area contributed by atoms with E-state index in [0.29, 0.717) is 19.4 Å². The first-order chi connectivity index (χ1) is 6.10. The number of esters is 1. The monoisotopic (exact) mass is 184 g/mol. The Hall–Kier alpha value is -1.32. The van der Waals surface area contributed by atoms with Crippen molar-refractivity contribution >= 4 is 11.9 Å². The Morgan fingerprint density at radius 3 is 2.54 bits per heavy atom. The molecular formula is C9H12O4. The summed E-state index contributed by atoms with van der Waals surface area (Å²) in [6, 6.07) is 0. The number of hydrogen-bond donors (Lipinski definition) is 1. The zero-order valence-electron chi connectivity index (χ0n) is 7.45. The van der Waals surface area contributed by atoms with Crippen molar-refractivity contribution in [3.8, 4) is 0 Å². The smallest absolute Gasteiger partial charge is 0.330 e. The lowest BCUT2D eigenvalue weighted by molar-refractivity contribution is -0.141. The normalized spacial score (nSPS) is 18.5. The van der Waals surface area contributed by atoms with E-state index in [9.17, 15) is 9.59 Å². The van der Waals surface area contributed by atoms with Crippen molar-refractivity contribution in [1.82, 2.24) is 0 Å². The van der Waals surface area contributed by atoms with Gasteiger partial charge in [0.25, 0.3) is 0 Å². The third-order valence-electron chi connectivity index (χ3n) is 2.04. The maximum atomic E-state index is 10.8. The zero-order chi connectivity index (χ0) is 9.90. The minimum Gasteiger partial charge on any atom is -0.481 e. The van der Waals surface area contributed by atoms with Gasteiger partial charge in [-0.05, 0) is 19.8 Å². The predicted octanol–water partition coefficient (Wildman–Crippen LogP) is 0.970. The molecular weight excluding hydrogens is 172 g/mol. The van der Waals surface area contributed by atoms with Crippen LogP contribution in [0, 0.1) is 5.41 Å². The van der Waals surface area contributed by atoms with Gasteiger partial charge in [0, 0.05) is 6.08 Å². The first-order valence-corrected chi connectivity index (χ1v) is 4.20. The van der Waals surface area contributed by atoms with Crippen LogP contribution < -0.4 is 0 Å². The summed E-state index contributed by atoms with van der Waals surface area (Å²) in [6.45, 7) is 2.01. The summed E-state index contributed by atoms with van der Waals surface area (Å²) in [4.78, 5) is 21.5. The summed E-state index contributed by atoms with van der Waals surface area (Å²) in [7, 11) is 0. The molecule has 0 aromatic rings. The molecule has 0 radical (unpaired) electrons. The molecule has 1 aliphatic rings. The molecule has 0 bridgehead atoms. The Morgan fingerprint density at radius 1 is 1.54 bits per heavy atom. The molecule has 0 saturated heterocycles. The summed E-state index contributed by atoms with van der Waals surface area (Å²) in [5, 5.41) is 8.74. The number of carbonyl (C=O) groups excluding carboxylic acids is 1. The van der Waals surface area contributed by atoms with Crippen LogP contribution in [0.1, 0.15) is 19.8 Å².